The highest BCUT2D eigenvalue weighted by Crippen LogP contribution is 2.36. The normalized spacial score (nSPS) is 12.4. The van der Waals surface area contributed by atoms with E-state index in [1.165, 1.54) is 49.2 Å². The molecule has 0 atom stereocenters. The lowest BCUT2D eigenvalue weighted by molar-refractivity contribution is 1.23. The molecule has 0 amide bonds. The lowest BCUT2D eigenvalue weighted by atomic mass is 10.0. The topological polar surface area (TPSA) is 20.7 Å². The number of fused-ring (bicyclic) bond motifs is 6. The van der Waals surface area contributed by atoms with Gasteiger partial charge in [-0.1, -0.05) is 60.5 Å². The lowest BCUT2D eigenvalue weighted by Gasteiger charge is -2.09. The number of para-hydroxylation sites is 2. The van der Waals surface area contributed by atoms with Crippen molar-refractivity contribution in [1.82, 2.24) is 9.55 Å². The fraction of sp³-hybridized carbons (Fsp3) is 0.0323. The Morgan fingerprint density at radius 2 is 1.42 bits per heavy atom. The second kappa shape index (κ2) is 7.58. The van der Waals surface area contributed by atoms with Gasteiger partial charge in [-0.25, -0.2) is 0 Å². The Kier molecular flexibility index (Phi) is 4.42. The van der Waals surface area contributed by atoms with E-state index in [1.54, 1.807) is 6.08 Å². The van der Waals surface area contributed by atoms with E-state index in [0.29, 0.717) is 0 Å². The molecule has 2 heteroatoms. The number of hydrogen-bond acceptors (Lipinski definition) is 0. The molecule has 0 saturated carbocycles. The van der Waals surface area contributed by atoms with E-state index in [0.717, 1.165) is 11.2 Å². The zero-order valence-electron chi connectivity index (χ0n) is 18.3. The van der Waals surface area contributed by atoms with Crippen LogP contribution in [-0.4, -0.2) is 9.55 Å². The van der Waals surface area contributed by atoms with Crippen molar-refractivity contribution in [2.75, 3.05) is 0 Å². The third-order valence-electron chi connectivity index (χ3n) is 6.42. The highest BCUT2D eigenvalue weighted by atomic mass is 15.0. The van der Waals surface area contributed by atoms with Crippen LogP contribution >= 0.6 is 0 Å². The average molecular weight is 423 g/mol. The van der Waals surface area contributed by atoms with Crippen LogP contribution in [0.3, 0.4) is 0 Å². The average Bonchev–Trinajstić information content (AvgIpc) is 3.40. The summed E-state index contributed by atoms with van der Waals surface area (Å²) in [7, 11) is 0. The van der Waals surface area contributed by atoms with Gasteiger partial charge in [-0.05, 0) is 66.6 Å². The quantitative estimate of drug-likeness (QED) is 0.219. The van der Waals surface area contributed by atoms with Gasteiger partial charge in [-0.3, -0.25) is 0 Å². The van der Waals surface area contributed by atoms with Gasteiger partial charge in [-0.15, -0.1) is 6.42 Å². The Hall–Kier alpha value is -4.48. The van der Waals surface area contributed by atoms with Crippen molar-refractivity contribution < 1.29 is 0 Å². The van der Waals surface area contributed by atoms with Gasteiger partial charge in [0.15, 0.2) is 0 Å². The summed E-state index contributed by atoms with van der Waals surface area (Å²) in [6, 6.07) is 30.4. The van der Waals surface area contributed by atoms with Crippen LogP contribution in [0, 0.1) is 12.3 Å². The fourth-order valence-corrected chi connectivity index (χ4v) is 4.89. The molecule has 0 spiro atoms. The number of rotatable bonds is 3. The van der Waals surface area contributed by atoms with E-state index in [1.807, 2.05) is 13.0 Å². The van der Waals surface area contributed by atoms with E-state index in [2.05, 4.69) is 106 Å². The molecular formula is C31H22N2. The number of terminal acetylenes is 1. The SMILES string of the molecule is C#C/C=C\C(=C/C)n1c2ccccc2c2cc(-c3ccc4[nH]c5ccccc5c4c3)ccc21. The summed E-state index contributed by atoms with van der Waals surface area (Å²) in [5.41, 5.74) is 8.16. The number of aromatic amines is 1. The van der Waals surface area contributed by atoms with Gasteiger partial charge in [0.2, 0.25) is 0 Å². The number of nitrogens with one attached hydrogen (secondary N) is 1. The molecule has 0 saturated heterocycles. The molecule has 0 unspecified atom stereocenters. The van der Waals surface area contributed by atoms with Crippen LogP contribution < -0.4 is 0 Å². The second-order valence-corrected chi connectivity index (χ2v) is 8.23. The van der Waals surface area contributed by atoms with E-state index in [-0.39, 0.29) is 0 Å². The van der Waals surface area contributed by atoms with Crippen molar-refractivity contribution in [2.45, 2.75) is 6.92 Å². The van der Waals surface area contributed by atoms with Crippen LogP contribution in [0.15, 0.2) is 103 Å². The second-order valence-electron chi connectivity index (χ2n) is 8.23. The van der Waals surface area contributed by atoms with E-state index >= 15 is 0 Å². The Labute approximate surface area is 192 Å². The van der Waals surface area contributed by atoms with Crippen molar-refractivity contribution in [1.29, 1.82) is 0 Å². The summed E-state index contributed by atoms with van der Waals surface area (Å²) in [5.74, 6) is 2.61. The monoisotopic (exact) mass is 422 g/mol. The fourth-order valence-electron chi connectivity index (χ4n) is 4.89. The largest absolute Gasteiger partial charge is 0.355 e. The number of hydrogen-bond donors (Lipinski definition) is 1. The van der Waals surface area contributed by atoms with Crippen LogP contribution in [0.25, 0.3) is 60.4 Å². The van der Waals surface area contributed by atoms with Crippen molar-refractivity contribution >= 4 is 49.3 Å². The first kappa shape index (κ1) is 19.2. The Balaban J connectivity index is 1.59. The zero-order chi connectivity index (χ0) is 22.4. The predicted octanol–water partition coefficient (Wildman–Crippen LogP) is 8.15. The van der Waals surface area contributed by atoms with Gasteiger partial charge in [0.25, 0.3) is 0 Å². The molecule has 0 aliphatic carbocycles. The molecule has 0 radical (unpaired) electrons. The third-order valence-corrected chi connectivity index (χ3v) is 6.42. The Morgan fingerprint density at radius 1 is 0.758 bits per heavy atom. The van der Waals surface area contributed by atoms with Gasteiger partial charge in [0, 0.05) is 38.3 Å². The van der Waals surface area contributed by atoms with Crippen LogP contribution in [0.2, 0.25) is 0 Å². The van der Waals surface area contributed by atoms with Crippen molar-refractivity contribution in [3.8, 4) is 23.5 Å². The van der Waals surface area contributed by atoms with Crippen LogP contribution in [0.5, 0.6) is 0 Å². The number of nitrogens with zero attached hydrogens (tertiary/aromatic N) is 1. The van der Waals surface area contributed by atoms with Gasteiger partial charge >= 0.3 is 0 Å². The summed E-state index contributed by atoms with van der Waals surface area (Å²) in [5, 5.41) is 4.97. The number of benzene rings is 4. The first-order valence-corrected chi connectivity index (χ1v) is 11.1. The molecule has 0 aliphatic rings. The Bertz CT molecular complexity index is 1780. The summed E-state index contributed by atoms with van der Waals surface area (Å²) >= 11 is 0. The number of H-pyrrole nitrogens is 1. The van der Waals surface area contributed by atoms with Gasteiger partial charge in [-0.2, -0.15) is 0 Å². The van der Waals surface area contributed by atoms with Crippen LogP contribution in [0.4, 0.5) is 0 Å². The molecule has 0 aliphatic heterocycles. The molecule has 0 fully saturated rings. The standard InChI is InChI=1S/C31H22N2/c1-3-5-10-23(4-2)33-30-14-9-7-12-25(30)27-20-22(16-18-31(27)33)21-15-17-29-26(19-21)24-11-6-8-13-28(24)32-29/h1,4-20,32H,2H3/b10-5-,23-4+. The van der Waals surface area contributed by atoms with Crippen LogP contribution in [0.1, 0.15) is 6.92 Å². The van der Waals surface area contributed by atoms with E-state index in [9.17, 15) is 0 Å². The summed E-state index contributed by atoms with van der Waals surface area (Å²) < 4.78 is 2.28. The predicted molar refractivity (Wildman–Crippen MR) is 142 cm³/mol. The van der Waals surface area contributed by atoms with Crippen molar-refractivity contribution in [3.63, 3.8) is 0 Å². The molecule has 156 valence electrons. The van der Waals surface area contributed by atoms with Gasteiger partial charge in [0.05, 0.1) is 11.0 Å². The minimum Gasteiger partial charge on any atom is -0.355 e. The smallest absolute Gasteiger partial charge is 0.0541 e. The minimum absolute atomic E-state index is 1.06. The summed E-state index contributed by atoms with van der Waals surface area (Å²) in [6.07, 6.45) is 11.3. The molecule has 2 heterocycles. The maximum absolute atomic E-state index is 5.49. The highest BCUT2D eigenvalue weighted by molar-refractivity contribution is 6.12. The highest BCUT2D eigenvalue weighted by Gasteiger charge is 2.13. The number of allylic oxidation sites excluding steroid dienone is 4. The molecule has 6 rings (SSSR count). The van der Waals surface area contributed by atoms with Gasteiger partial charge in [0.1, 0.15) is 0 Å². The van der Waals surface area contributed by atoms with Crippen molar-refractivity contribution in [2.24, 2.45) is 0 Å². The molecular weight excluding hydrogens is 400 g/mol. The molecule has 6 aromatic rings. The summed E-state index contributed by atoms with van der Waals surface area (Å²) in [4.78, 5) is 3.52. The number of aromatic nitrogens is 2. The van der Waals surface area contributed by atoms with Gasteiger partial charge < -0.3 is 9.55 Å². The minimum atomic E-state index is 1.06. The molecule has 2 aromatic heterocycles. The van der Waals surface area contributed by atoms with E-state index < -0.39 is 0 Å². The zero-order valence-corrected chi connectivity index (χ0v) is 18.3. The first-order chi connectivity index (χ1) is 16.3. The molecule has 0 bridgehead atoms. The first-order valence-electron chi connectivity index (χ1n) is 11.1. The third kappa shape index (κ3) is 2.98. The van der Waals surface area contributed by atoms with Crippen LogP contribution in [-0.2, 0) is 0 Å². The Morgan fingerprint density at radius 3 is 2.24 bits per heavy atom. The molecule has 1 N–H and O–H groups in total. The van der Waals surface area contributed by atoms with E-state index in [4.69, 9.17) is 6.42 Å². The molecule has 2 nitrogen and oxygen atoms in total. The summed E-state index contributed by atoms with van der Waals surface area (Å²) in [6.45, 7) is 2.04. The van der Waals surface area contributed by atoms with Crippen molar-refractivity contribution in [3.05, 3.63) is 103 Å². The maximum Gasteiger partial charge on any atom is 0.0541 e. The molecule has 4 aromatic carbocycles. The maximum atomic E-state index is 5.49. The lowest BCUT2D eigenvalue weighted by Crippen LogP contribution is -1.94. The molecule has 33 heavy (non-hydrogen) atoms.